The van der Waals surface area contributed by atoms with Gasteiger partial charge in [0.05, 0.1) is 10.6 Å². The van der Waals surface area contributed by atoms with Crippen molar-refractivity contribution in [3.63, 3.8) is 0 Å². The molecule has 140 valence electrons. The number of benzene rings is 2. The number of nitrogens with zero attached hydrogens (tertiary/aromatic N) is 2. The zero-order valence-electron chi connectivity index (χ0n) is 15.0. The van der Waals surface area contributed by atoms with Crippen LogP contribution < -0.4 is 5.32 Å². The number of carbonyl (C=O) groups excluding carboxylic acids is 2. The Hall–Kier alpha value is -2.37. The summed E-state index contributed by atoms with van der Waals surface area (Å²) in [6, 6.07) is 14.5. The fourth-order valence-corrected chi connectivity index (χ4v) is 4.06. The first-order valence-electron chi connectivity index (χ1n) is 9.27. The standard InChI is InChI=1S/C21H22ClN3O2/c22-18-8-4-3-7-17(18)20(26)25-14-16-6-2-1-5-15(16)13-19(25)21(27)24-11-9-23-10-12-24/h1-8,19,23H,9-14H2. The molecule has 0 aliphatic carbocycles. The lowest BCUT2D eigenvalue weighted by molar-refractivity contribution is -0.137. The average Bonchev–Trinajstić information content (AvgIpc) is 2.73. The van der Waals surface area contributed by atoms with Gasteiger partial charge < -0.3 is 15.1 Å². The summed E-state index contributed by atoms with van der Waals surface area (Å²) in [5, 5.41) is 3.68. The molecule has 2 aromatic carbocycles. The molecule has 1 unspecified atom stereocenters. The maximum atomic E-state index is 13.3. The number of amides is 2. The Morgan fingerprint density at radius 2 is 1.63 bits per heavy atom. The summed E-state index contributed by atoms with van der Waals surface area (Å²) in [7, 11) is 0. The van der Waals surface area contributed by atoms with Crippen LogP contribution in [0.2, 0.25) is 5.02 Å². The number of nitrogens with one attached hydrogen (secondary N) is 1. The van der Waals surface area contributed by atoms with E-state index in [1.54, 1.807) is 29.2 Å². The molecule has 27 heavy (non-hydrogen) atoms. The van der Waals surface area contributed by atoms with Crippen molar-refractivity contribution >= 4 is 23.4 Å². The lowest BCUT2D eigenvalue weighted by Crippen LogP contribution is -2.57. The van der Waals surface area contributed by atoms with E-state index in [0.29, 0.717) is 36.6 Å². The molecule has 0 radical (unpaired) electrons. The van der Waals surface area contributed by atoms with Gasteiger partial charge in [0.2, 0.25) is 5.91 Å². The molecule has 1 atom stereocenters. The van der Waals surface area contributed by atoms with Crippen LogP contribution in [0.1, 0.15) is 21.5 Å². The molecular formula is C21H22ClN3O2. The van der Waals surface area contributed by atoms with Crippen molar-refractivity contribution in [3.8, 4) is 0 Å². The second-order valence-corrected chi connectivity index (χ2v) is 7.38. The van der Waals surface area contributed by atoms with E-state index in [0.717, 1.165) is 24.2 Å². The average molecular weight is 384 g/mol. The Labute approximate surface area is 163 Å². The minimum absolute atomic E-state index is 0.0198. The van der Waals surface area contributed by atoms with Crippen molar-refractivity contribution in [3.05, 3.63) is 70.2 Å². The molecule has 4 rings (SSSR count). The van der Waals surface area contributed by atoms with Crippen LogP contribution in [0.3, 0.4) is 0 Å². The van der Waals surface area contributed by atoms with Gasteiger partial charge in [0, 0.05) is 39.1 Å². The van der Waals surface area contributed by atoms with Gasteiger partial charge in [0.25, 0.3) is 5.91 Å². The Balaban J connectivity index is 1.68. The SMILES string of the molecule is O=C(C1Cc2ccccc2CN1C(=O)c1ccccc1Cl)N1CCNCC1. The van der Waals surface area contributed by atoms with Crippen molar-refractivity contribution in [1.82, 2.24) is 15.1 Å². The Morgan fingerprint density at radius 1 is 0.963 bits per heavy atom. The molecule has 6 heteroatoms. The second kappa shape index (κ2) is 7.71. The predicted molar refractivity (Wildman–Crippen MR) is 105 cm³/mol. The van der Waals surface area contributed by atoms with Crippen molar-refractivity contribution < 1.29 is 9.59 Å². The zero-order chi connectivity index (χ0) is 18.8. The van der Waals surface area contributed by atoms with E-state index in [-0.39, 0.29) is 11.8 Å². The highest BCUT2D eigenvalue weighted by Gasteiger charge is 2.37. The molecule has 2 amide bonds. The van der Waals surface area contributed by atoms with Crippen molar-refractivity contribution in [2.24, 2.45) is 0 Å². The molecule has 0 aromatic heterocycles. The zero-order valence-corrected chi connectivity index (χ0v) is 15.8. The highest BCUT2D eigenvalue weighted by Crippen LogP contribution is 2.28. The van der Waals surface area contributed by atoms with Crippen LogP contribution in [0.15, 0.2) is 48.5 Å². The Bertz CT molecular complexity index is 864. The van der Waals surface area contributed by atoms with Crippen LogP contribution in [0.4, 0.5) is 0 Å². The van der Waals surface area contributed by atoms with Gasteiger partial charge in [-0.3, -0.25) is 9.59 Å². The summed E-state index contributed by atoms with van der Waals surface area (Å²) in [5.74, 6) is -0.171. The minimum Gasteiger partial charge on any atom is -0.338 e. The van der Waals surface area contributed by atoms with E-state index in [9.17, 15) is 9.59 Å². The van der Waals surface area contributed by atoms with Crippen molar-refractivity contribution in [2.45, 2.75) is 19.0 Å². The summed E-state index contributed by atoms with van der Waals surface area (Å²) in [5.41, 5.74) is 2.66. The normalized spacial score (nSPS) is 19.5. The summed E-state index contributed by atoms with van der Waals surface area (Å²) in [4.78, 5) is 30.1. The first kappa shape index (κ1) is 18.0. The Morgan fingerprint density at radius 3 is 2.37 bits per heavy atom. The first-order valence-corrected chi connectivity index (χ1v) is 9.65. The molecule has 1 N–H and O–H groups in total. The summed E-state index contributed by atoms with van der Waals surface area (Å²) in [6.45, 7) is 3.33. The summed E-state index contributed by atoms with van der Waals surface area (Å²) >= 11 is 6.26. The third kappa shape index (κ3) is 3.57. The highest BCUT2D eigenvalue weighted by molar-refractivity contribution is 6.33. The summed E-state index contributed by atoms with van der Waals surface area (Å²) in [6.07, 6.45) is 0.537. The lowest BCUT2D eigenvalue weighted by Gasteiger charge is -2.39. The van der Waals surface area contributed by atoms with Gasteiger partial charge in [-0.15, -0.1) is 0 Å². The van der Waals surface area contributed by atoms with Crippen LogP contribution in [0.25, 0.3) is 0 Å². The van der Waals surface area contributed by atoms with E-state index in [2.05, 4.69) is 5.32 Å². The third-order valence-electron chi connectivity index (χ3n) is 5.33. The minimum atomic E-state index is -0.498. The number of fused-ring (bicyclic) bond motifs is 1. The number of rotatable bonds is 2. The van der Waals surface area contributed by atoms with E-state index in [1.165, 1.54) is 0 Å². The predicted octanol–water partition coefficient (Wildman–Crippen LogP) is 2.34. The summed E-state index contributed by atoms with van der Waals surface area (Å²) < 4.78 is 0. The molecule has 2 heterocycles. The third-order valence-corrected chi connectivity index (χ3v) is 5.66. The number of carbonyl (C=O) groups is 2. The van der Waals surface area contributed by atoms with Gasteiger partial charge in [-0.25, -0.2) is 0 Å². The smallest absolute Gasteiger partial charge is 0.256 e. The maximum Gasteiger partial charge on any atom is 0.256 e. The number of halogens is 1. The first-order chi connectivity index (χ1) is 13.1. The quantitative estimate of drug-likeness (QED) is 0.866. The van der Waals surface area contributed by atoms with Gasteiger partial charge in [-0.05, 0) is 23.3 Å². The number of hydrogen-bond acceptors (Lipinski definition) is 3. The Kier molecular flexibility index (Phi) is 5.14. The number of hydrogen-bond donors (Lipinski definition) is 1. The van der Waals surface area contributed by atoms with Crippen LogP contribution >= 0.6 is 11.6 Å². The monoisotopic (exact) mass is 383 g/mol. The van der Waals surface area contributed by atoms with Crippen molar-refractivity contribution in [2.75, 3.05) is 26.2 Å². The van der Waals surface area contributed by atoms with Gasteiger partial charge in [0.1, 0.15) is 6.04 Å². The molecular weight excluding hydrogens is 362 g/mol. The molecule has 2 aliphatic rings. The molecule has 0 saturated carbocycles. The number of piperazine rings is 1. The van der Waals surface area contributed by atoms with Gasteiger partial charge in [-0.2, -0.15) is 0 Å². The van der Waals surface area contributed by atoms with Crippen LogP contribution in [-0.4, -0.2) is 53.8 Å². The van der Waals surface area contributed by atoms with Gasteiger partial charge >= 0.3 is 0 Å². The van der Waals surface area contributed by atoms with E-state index in [4.69, 9.17) is 11.6 Å². The molecule has 2 aliphatic heterocycles. The highest BCUT2D eigenvalue weighted by atomic mass is 35.5. The molecule has 0 bridgehead atoms. The van der Waals surface area contributed by atoms with Gasteiger partial charge in [0.15, 0.2) is 0 Å². The van der Waals surface area contributed by atoms with Crippen LogP contribution in [0.5, 0.6) is 0 Å². The van der Waals surface area contributed by atoms with Crippen LogP contribution in [0, 0.1) is 0 Å². The second-order valence-electron chi connectivity index (χ2n) is 6.98. The van der Waals surface area contributed by atoms with Crippen molar-refractivity contribution in [1.29, 1.82) is 0 Å². The van der Waals surface area contributed by atoms with Crippen LogP contribution in [-0.2, 0) is 17.8 Å². The fraction of sp³-hybridized carbons (Fsp3) is 0.333. The lowest BCUT2D eigenvalue weighted by atomic mass is 9.92. The molecule has 0 spiro atoms. The van der Waals surface area contributed by atoms with E-state index >= 15 is 0 Å². The molecule has 2 aromatic rings. The topological polar surface area (TPSA) is 52.7 Å². The van der Waals surface area contributed by atoms with E-state index in [1.807, 2.05) is 29.2 Å². The fourth-order valence-electron chi connectivity index (χ4n) is 3.84. The maximum absolute atomic E-state index is 13.3. The van der Waals surface area contributed by atoms with E-state index < -0.39 is 6.04 Å². The molecule has 1 saturated heterocycles. The van der Waals surface area contributed by atoms with Gasteiger partial charge in [-0.1, -0.05) is 48.0 Å². The largest absolute Gasteiger partial charge is 0.338 e. The molecule has 1 fully saturated rings. The molecule has 5 nitrogen and oxygen atoms in total.